The highest BCUT2D eigenvalue weighted by atomic mass is 16.1. The Labute approximate surface area is 173 Å². The lowest BCUT2D eigenvalue weighted by Crippen LogP contribution is -2.35. The minimum Gasteiger partial charge on any atom is -0.385 e. The van der Waals surface area contributed by atoms with Crippen LogP contribution in [0, 0.1) is 0 Å². The van der Waals surface area contributed by atoms with E-state index in [4.69, 9.17) is 0 Å². The Kier molecular flexibility index (Phi) is 6.83. The normalized spacial score (nSPS) is 15.9. The first-order chi connectivity index (χ1) is 14.6. The Morgan fingerprint density at radius 1 is 1.40 bits per heavy atom. The summed E-state index contributed by atoms with van der Waals surface area (Å²) in [5.74, 6) is 0.221. The molecule has 10 nitrogen and oxygen atoms in total. The number of H-pyrrole nitrogens is 1. The molecule has 3 heterocycles. The second-order valence-electron chi connectivity index (χ2n) is 6.34. The van der Waals surface area contributed by atoms with Gasteiger partial charge in [-0.1, -0.05) is 0 Å². The van der Waals surface area contributed by atoms with Crippen LogP contribution in [0.5, 0.6) is 0 Å². The molecule has 154 valence electrons. The molecule has 2 aromatic heterocycles. The molecule has 3 rings (SSSR count). The topological polar surface area (TPSA) is 123 Å². The van der Waals surface area contributed by atoms with Crippen molar-refractivity contribution in [3.63, 3.8) is 0 Å². The molecule has 30 heavy (non-hydrogen) atoms. The minimum absolute atomic E-state index is 0.261. The van der Waals surface area contributed by atoms with Crippen molar-refractivity contribution in [1.29, 1.82) is 0 Å². The van der Waals surface area contributed by atoms with Gasteiger partial charge in [-0.05, 0) is 18.9 Å². The maximum atomic E-state index is 12.9. The summed E-state index contributed by atoms with van der Waals surface area (Å²) >= 11 is 0. The van der Waals surface area contributed by atoms with Crippen LogP contribution >= 0.6 is 0 Å². The fourth-order valence-electron chi connectivity index (χ4n) is 2.90. The summed E-state index contributed by atoms with van der Waals surface area (Å²) in [6, 6.07) is 1.79. The van der Waals surface area contributed by atoms with Gasteiger partial charge in [0.15, 0.2) is 0 Å². The van der Waals surface area contributed by atoms with E-state index in [0.29, 0.717) is 36.6 Å². The number of hydrazone groups is 1. The van der Waals surface area contributed by atoms with E-state index >= 15 is 0 Å². The van der Waals surface area contributed by atoms with E-state index in [9.17, 15) is 4.79 Å². The molecule has 0 saturated carbocycles. The molecule has 10 heteroatoms. The Morgan fingerprint density at radius 2 is 2.27 bits per heavy atom. The van der Waals surface area contributed by atoms with Crippen LogP contribution in [0.4, 0.5) is 0 Å². The predicted molar refractivity (Wildman–Crippen MR) is 119 cm³/mol. The molecular formula is C20H23N9O. The molecule has 0 aromatic carbocycles. The number of hydrogen-bond donors (Lipinski definition) is 3. The maximum Gasteiger partial charge on any atom is 0.261 e. The summed E-state index contributed by atoms with van der Waals surface area (Å²) in [5.41, 5.74) is 3.40. The maximum absolute atomic E-state index is 12.9. The highest BCUT2D eigenvalue weighted by Crippen LogP contribution is 2.26. The van der Waals surface area contributed by atoms with Crippen LogP contribution in [-0.2, 0) is 4.79 Å². The molecule has 1 amide bonds. The lowest BCUT2D eigenvalue weighted by atomic mass is 10.0. The number of aromatic amines is 1. The zero-order chi connectivity index (χ0) is 21.3. The van der Waals surface area contributed by atoms with E-state index in [2.05, 4.69) is 54.1 Å². The van der Waals surface area contributed by atoms with Gasteiger partial charge in [-0.15, -0.1) is 0 Å². The zero-order valence-corrected chi connectivity index (χ0v) is 16.7. The summed E-state index contributed by atoms with van der Waals surface area (Å²) in [5, 5.41) is 11.6. The molecule has 0 spiro atoms. The van der Waals surface area contributed by atoms with E-state index in [1.54, 1.807) is 50.2 Å². The fraction of sp³-hybridized carbons (Fsp3) is 0.200. The monoisotopic (exact) mass is 405 g/mol. The third-order valence-corrected chi connectivity index (χ3v) is 4.22. The van der Waals surface area contributed by atoms with Crippen molar-refractivity contribution in [3.8, 4) is 0 Å². The van der Waals surface area contributed by atoms with Gasteiger partial charge in [0.1, 0.15) is 11.4 Å². The van der Waals surface area contributed by atoms with Crippen LogP contribution in [0.25, 0.3) is 16.6 Å². The molecule has 0 aliphatic carbocycles. The van der Waals surface area contributed by atoms with Crippen molar-refractivity contribution in [1.82, 2.24) is 30.6 Å². The van der Waals surface area contributed by atoms with Crippen molar-refractivity contribution in [2.75, 3.05) is 20.1 Å². The quantitative estimate of drug-likeness (QED) is 0.331. The average Bonchev–Trinajstić information content (AvgIpc) is 3.16. The van der Waals surface area contributed by atoms with E-state index in [-0.39, 0.29) is 5.91 Å². The van der Waals surface area contributed by atoms with Crippen LogP contribution in [0.2, 0.25) is 0 Å². The van der Waals surface area contributed by atoms with Gasteiger partial charge in [0.05, 0.1) is 23.8 Å². The number of pyridine rings is 1. The zero-order valence-electron chi connectivity index (χ0n) is 16.7. The second kappa shape index (κ2) is 9.92. The number of carbonyl (C=O) groups excluding carboxylic acids is 1. The van der Waals surface area contributed by atoms with Crippen molar-refractivity contribution in [2.45, 2.75) is 6.42 Å². The first kappa shape index (κ1) is 20.6. The highest BCUT2D eigenvalue weighted by molar-refractivity contribution is 6.21. The molecule has 3 N–H and O–H groups in total. The summed E-state index contributed by atoms with van der Waals surface area (Å²) in [6.07, 6.45) is 10.4. The number of nitrogens with one attached hydrogen (secondary N) is 3. The lowest BCUT2D eigenvalue weighted by Gasteiger charge is -2.23. The van der Waals surface area contributed by atoms with Gasteiger partial charge in [0.2, 0.25) is 0 Å². The number of carbonyl (C=O) groups is 1. The third kappa shape index (κ3) is 5.04. The van der Waals surface area contributed by atoms with Gasteiger partial charge in [-0.3, -0.25) is 24.8 Å². The van der Waals surface area contributed by atoms with Crippen molar-refractivity contribution in [3.05, 3.63) is 54.2 Å². The SMILES string of the molecule is C=N/C=C\C=NCCNC1=C(c2nc3ccncc3[nH]2)C(=O)N/C(=C/N(C)N=C)C1. The second-order valence-corrected chi connectivity index (χ2v) is 6.34. The molecular weight excluding hydrogens is 382 g/mol. The van der Waals surface area contributed by atoms with Crippen LogP contribution < -0.4 is 10.6 Å². The number of fused-ring (bicyclic) bond motifs is 1. The fourth-order valence-corrected chi connectivity index (χ4v) is 2.90. The van der Waals surface area contributed by atoms with Gasteiger partial charge in [-0.2, -0.15) is 5.10 Å². The standard InChI is InChI=1S/C20H23N9O/c1-21-6-4-7-23-9-10-25-16-11-14(13-29(3)22-2)26-20(30)18(16)19-27-15-5-8-24-12-17(15)28-19/h4-8,12-13,25H,1-2,9-11H2,3H3,(H,26,30)(H,27,28)/b6-4-,14-13+,23-7?. The van der Waals surface area contributed by atoms with Crippen molar-refractivity contribution >= 4 is 42.2 Å². The number of amides is 1. The van der Waals surface area contributed by atoms with Crippen LogP contribution in [0.15, 0.2) is 63.4 Å². The number of hydrogen-bond acceptors (Lipinski definition) is 8. The molecule has 2 aromatic rings. The largest absolute Gasteiger partial charge is 0.385 e. The first-order valence-corrected chi connectivity index (χ1v) is 9.21. The lowest BCUT2D eigenvalue weighted by molar-refractivity contribution is -0.115. The van der Waals surface area contributed by atoms with E-state index in [0.717, 1.165) is 16.7 Å². The Morgan fingerprint density at radius 3 is 3.03 bits per heavy atom. The molecule has 1 aliphatic heterocycles. The first-order valence-electron chi connectivity index (χ1n) is 9.21. The minimum atomic E-state index is -0.261. The molecule has 0 saturated heterocycles. The van der Waals surface area contributed by atoms with Gasteiger partial charge in [0, 0.05) is 62.9 Å². The predicted octanol–water partition coefficient (Wildman–Crippen LogP) is 1.45. The van der Waals surface area contributed by atoms with Crippen molar-refractivity contribution in [2.24, 2.45) is 15.1 Å². The van der Waals surface area contributed by atoms with Crippen LogP contribution in [0.3, 0.4) is 0 Å². The smallest absolute Gasteiger partial charge is 0.261 e. The summed E-state index contributed by atoms with van der Waals surface area (Å²) in [6.45, 7) is 7.91. The Bertz CT molecular complexity index is 1030. The third-order valence-electron chi connectivity index (χ3n) is 4.22. The number of rotatable bonds is 9. The Balaban J connectivity index is 1.88. The number of aliphatic imine (C=N–C) groups is 2. The van der Waals surface area contributed by atoms with Gasteiger partial charge < -0.3 is 15.6 Å². The van der Waals surface area contributed by atoms with Crippen LogP contribution in [0.1, 0.15) is 12.2 Å². The molecule has 0 unspecified atom stereocenters. The molecule has 1 aliphatic rings. The molecule has 0 fully saturated rings. The molecule has 0 radical (unpaired) electrons. The number of aromatic nitrogens is 3. The molecule has 0 atom stereocenters. The number of nitrogens with zero attached hydrogens (tertiary/aromatic N) is 6. The summed E-state index contributed by atoms with van der Waals surface area (Å²) in [7, 11) is 1.74. The van der Waals surface area contributed by atoms with Gasteiger partial charge >= 0.3 is 0 Å². The van der Waals surface area contributed by atoms with Gasteiger partial charge in [0.25, 0.3) is 5.91 Å². The number of allylic oxidation sites excluding steroid dienone is 1. The average molecular weight is 405 g/mol. The summed E-state index contributed by atoms with van der Waals surface area (Å²) < 4.78 is 0. The molecule has 0 bridgehead atoms. The van der Waals surface area contributed by atoms with E-state index in [1.807, 2.05) is 0 Å². The Hall–Kier alpha value is -4.08. The van der Waals surface area contributed by atoms with E-state index < -0.39 is 0 Å². The number of imidazole rings is 1. The van der Waals surface area contributed by atoms with Crippen molar-refractivity contribution < 1.29 is 4.79 Å². The summed E-state index contributed by atoms with van der Waals surface area (Å²) in [4.78, 5) is 32.6. The van der Waals surface area contributed by atoms with Crippen LogP contribution in [-0.4, -0.2) is 65.7 Å². The van der Waals surface area contributed by atoms with Gasteiger partial charge in [-0.25, -0.2) is 4.98 Å². The van der Waals surface area contributed by atoms with E-state index in [1.165, 1.54) is 5.01 Å². The highest BCUT2D eigenvalue weighted by Gasteiger charge is 2.27.